The normalized spacial score (nSPS) is 11.7. The highest BCUT2D eigenvalue weighted by Crippen LogP contribution is 2.20. The minimum absolute atomic E-state index is 0.214. The largest absolute Gasteiger partial charge is 0.250 e. The van der Waals surface area contributed by atoms with Crippen molar-refractivity contribution >= 4 is 21.4 Å². The first-order valence-electron chi connectivity index (χ1n) is 6.70. The maximum absolute atomic E-state index is 12.2. The number of benzene rings is 1. The number of nitrogens with one attached hydrogen (secondary N) is 1. The van der Waals surface area contributed by atoms with E-state index in [9.17, 15) is 8.42 Å². The summed E-state index contributed by atoms with van der Waals surface area (Å²) in [7, 11) is -3.46. The Hall–Kier alpha value is -1.96. The highest BCUT2D eigenvalue weighted by atomic mass is 32.2. The summed E-state index contributed by atoms with van der Waals surface area (Å²) in [6, 6.07) is 13.1. The molecule has 1 aromatic carbocycles. The molecule has 114 valence electrons. The van der Waals surface area contributed by atoms with Crippen LogP contribution in [0.4, 0.5) is 0 Å². The van der Waals surface area contributed by atoms with Gasteiger partial charge in [-0.1, -0.05) is 18.2 Å². The molecule has 0 aliphatic rings. The lowest BCUT2D eigenvalue weighted by Crippen LogP contribution is -2.22. The average Bonchev–Trinajstić information content (AvgIpc) is 3.15. The summed E-state index contributed by atoms with van der Waals surface area (Å²) in [6.45, 7) is 2.10. The van der Waals surface area contributed by atoms with Crippen LogP contribution in [-0.4, -0.2) is 18.2 Å². The Bertz CT molecular complexity index is 867. The van der Waals surface area contributed by atoms with Gasteiger partial charge in [-0.25, -0.2) is 17.8 Å². The lowest BCUT2D eigenvalue weighted by molar-refractivity contribution is 0.583. The van der Waals surface area contributed by atoms with Gasteiger partial charge in [-0.15, -0.1) is 11.3 Å². The SMILES string of the molecule is Cc1ccc(S(=O)(=O)NCc2cnn(-c3ccccc3)c2)s1. The van der Waals surface area contributed by atoms with E-state index in [2.05, 4.69) is 9.82 Å². The third-order valence-electron chi connectivity index (χ3n) is 3.10. The Labute approximate surface area is 133 Å². The minimum Gasteiger partial charge on any atom is -0.241 e. The lowest BCUT2D eigenvalue weighted by Gasteiger charge is -2.03. The molecule has 7 heteroatoms. The van der Waals surface area contributed by atoms with Crippen molar-refractivity contribution in [3.05, 3.63) is 65.3 Å². The molecule has 3 aromatic rings. The van der Waals surface area contributed by atoms with Crippen LogP contribution in [0.15, 0.2) is 59.1 Å². The average molecular weight is 333 g/mol. The number of hydrogen-bond acceptors (Lipinski definition) is 4. The highest BCUT2D eigenvalue weighted by molar-refractivity contribution is 7.91. The van der Waals surface area contributed by atoms with Crippen LogP contribution in [0.25, 0.3) is 5.69 Å². The maximum atomic E-state index is 12.2. The lowest BCUT2D eigenvalue weighted by atomic mass is 10.3. The number of rotatable bonds is 5. The molecule has 1 N–H and O–H groups in total. The molecule has 2 aromatic heterocycles. The van der Waals surface area contributed by atoms with Crippen molar-refractivity contribution in [1.29, 1.82) is 0 Å². The van der Waals surface area contributed by atoms with Gasteiger partial charge in [-0.3, -0.25) is 0 Å². The Morgan fingerprint density at radius 3 is 2.64 bits per heavy atom. The molecule has 0 bridgehead atoms. The number of thiophene rings is 1. The van der Waals surface area contributed by atoms with E-state index in [4.69, 9.17) is 0 Å². The van der Waals surface area contributed by atoms with Gasteiger partial charge in [0.05, 0.1) is 11.9 Å². The maximum Gasteiger partial charge on any atom is 0.250 e. The van der Waals surface area contributed by atoms with Gasteiger partial charge in [0.2, 0.25) is 10.0 Å². The van der Waals surface area contributed by atoms with Crippen molar-refractivity contribution in [2.45, 2.75) is 17.7 Å². The van der Waals surface area contributed by atoms with Crippen molar-refractivity contribution in [1.82, 2.24) is 14.5 Å². The molecular formula is C15H15N3O2S2. The van der Waals surface area contributed by atoms with Gasteiger partial charge in [-0.2, -0.15) is 5.10 Å². The zero-order valence-electron chi connectivity index (χ0n) is 11.9. The van der Waals surface area contributed by atoms with Crippen LogP contribution in [0.1, 0.15) is 10.4 Å². The summed E-state index contributed by atoms with van der Waals surface area (Å²) in [5, 5.41) is 4.25. The van der Waals surface area contributed by atoms with E-state index in [0.29, 0.717) is 4.21 Å². The summed E-state index contributed by atoms with van der Waals surface area (Å²) in [5.74, 6) is 0. The Kier molecular flexibility index (Phi) is 4.10. The van der Waals surface area contributed by atoms with Crippen LogP contribution in [-0.2, 0) is 16.6 Å². The van der Waals surface area contributed by atoms with Gasteiger partial charge in [0.25, 0.3) is 0 Å². The fourth-order valence-corrected chi connectivity index (χ4v) is 4.32. The Morgan fingerprint density at radius 1 is 1.18 bits per heavy atom. The molecule has 0 spiro atoms. The fraction of sp³-hybridized carbons (Fsp3) is 0.133. The molecule has 2 heterocycles. The van der Waals surface area contributed by atoms with Crippen LogP contribution in [0, 0.1) is 6.92 Å². The van der Waals surface area contributed by atoms with Crippen molar-refractivity contribution in [2.75, 3.05) is 0 Å². The van der Waals surface area contributed by atoms with E-state index in [1.54, 1.807) is 23.0 Å². The Morgan fingerprint density at radius 2 is 1.95 bits per heavy atom. The van der Waals surface area contributed by atoms with Gasteiger partial charge >= 0.3 is 0 Å². The van der Waals surface area contributed by atoms with Crippen LogP contribution in [0.2, 0.25) is 0 Å². The molecule has 0 amide bonds. The van der Waals surface area contributed by atoms with Crippen LogP contribution in [0.3, 0.4) is 0 Å². The number of sulfonamides is 1. The molecular weight excluding hydrogens is 318 g/mol. The molecule has 0 fully saturated rings. The second-order valence-corrected chi connectivity index (χ2v) is 8.10. The quantitative estimate of drug-likeness (QED) is 0.781. The van der Waals surface area contributed by atoms with Crippen molar-refractivity contribution in [3.63, 3.8) is 0 Å². The predicted molar refractivity (Wildman–Crippen MR) is 86.6 cm³/mol. The number of para-hydroxylation sites is 1. The topological polar surface area (TPSA) is 64.0 Å². The molecule has 0 saturated heterocycles. The summed E-state index contributed by atoms with van der Waals surface area (Å²) in [4.78, 5) is 0.970. The molecule has 0 atom stereocenters. The monoisotopic (exact) mass is 333 g/mol. The van der Waals surface area contributed by atoms with Crippen LogP contribution in [0.5, 0.6) is 0 Å². The van der Waals surface area contributed by atoms with Crippen molar-refractivity contribution < 1.29 is 8.42 Å². The molecule has 3 rings (SSSR count). The number of aromatic nitrogens is 2. The van der Waals surface area contributed by atoms with Crippen LogP contribution >= 0.6 is 11.3 Å². The van der Waals surface area contributed by atoms with Crippen molar-refractivity contribution in [3.8, 4) is 5.69 Å². The molecule has 0 aliphatic heterocycles. The van der Waals surface area contributed by atoms with Crippen molar-refractivity contribution in [2.24, 2.45) is 0 Å². The molecule has 22 heavy (non-hydrogen) atoms. The van der Waals surface area contributed by atoms with Gasteiger partial charge in [0.1, 0.15) is 4.21 Å². The number of nitrogens with zero attached hydrogens (tertiary/aromatic N) is 2. The second kappa shape index (κ2) is 6.04. The molecule has 0 radical (unpaired) electrons. The summed E-state index contributed by atoms with van der Waals surface area (Å²) in [6.07, 6.45) is 3.48. The first kappa shape index (κ1) is 15.0. The number of hydrogen-bond donors (Lipinski definition) is 1. The smallest absolute Gasteiger partial charge is 0.241 e. The third kappa shape index (κ3) is 3.27. The van der Waals surface area contributed by atoms with E-state index in [0.717, 1.165) is 16.1 Å². The van der Waals surface area contributed by atoms with Gasteiger partial charge in [0, 0.05) is 23.2 Å². The first-order valence-corrected chi connectivity index (χ1v) is 9.00. The molecule has 0 aliphatic carbocycles. The van der Waals surface area contributed by atoms with Gasteiger partial charge < -0.3 is 0 Å². The fourth-order valence-electron chi connectivity index (χ4n) is 1.98. The molecule has 0 saturated carbocycles. The standard InChI is InChI=1S/C15H15N3O2S2/c1-12-7-8-15(21-12)22(19,20)17-10-13-9-16-18(11-13)14-5-3-2-4-6-14/h2-9,11,17H,10H2,1H3. The third-order valence-corrected chi connectivity index (χ3v) is 6.00. The highest BCUT2D eigenvalue weighted by Gasteiger charge is 2.16. The zero-order valence-corrected chi connectivity index (χ0v) is 13.6. The van der Waals surface area contributed by atoms with E-state index in [1.807, 2.05) is 43.5 Å². The molecule has 5 nitrogen and oxygen atoms in total. The van der Waals surface area contributed by atoms with E-state index in [-0.39, 0.29) is 6.54 Å². The predicted octanol–water partition coefficient (Wildman–Crippen LogP) is 2.72. The van der Waals surface area contributed by atoms with Crippen LogP contribution < -0.4 is 4.72 Å². The zero-order chi connectivity index (χ0) is 15.6. The summed E-state index contributed by atoms with van der Waals surface area (Å²) < 4.78 is 29.0. The molecule has 0 unspecified atom stereocenters. The summed E-state index contributed by atoms with van der Waals surface area (Å²) >= 11 is 1.26. The number of aryl methyl sites for hydroxylation is 1. The Balaban J connectivity index is 1.71. The first-order chi connectivity index (χ1) is 10.5. The second-order valence-electron chi connectivity index (χ2n) is 4.82. The van der Waals surface area contributed by atoms with Gasteiger partial charge in [0.15, 0.2) is 0 Å². The van der Waals surface area contributed by atoms with E-state index in [1.165, 1.54) is 11.3 Å². The van der Waals surface area contributed by atoms with E-state index >= 15 is 0 Å². The summed E-state index contributed by atoms with van der Waals surface area (Å²) in [5.41, 5.74) is 1.74. The van der Waals surface area contributed by atoms with Gasteiger partial charge in [-0.05, 0) is 31.2 Å². The van der Waals surface area contributed by atoms with E-state index < -0.39 is 10.0 Å². The minimum atomic E-state index is -3.46.